The summed E-state index contributed by atoms with van der Waals surface area (Å²) in [6.07, 6.45) is -0.0856. The molecule has 1 aliphatic rings. The number of amides is 2. The van der Waals surface area contributed by atoms with Crippen LogP contribution in [0.25, 0.3) is 0 Å². The fraction of sp³-hybridized carbons (Fsp3) is 0.250. The van der Waals surface area contributed by atoms with Crippen molar-refractivity contribution in [2.75, 3.05) is 20.8 Å². The molecule has 0 fully saturated rings. The molecule has 2 aromatic carbocycles. The van der Waals surface area contributed by atoms with Crippen molar-refractivity contribution in [2.45, 2.75) is 13.0 Å². The van der Waals surface area contributed by atoms with E-state index in [2.05, 4.69) is 0 Å². The maximum absolute atomic E-state index is 12.3. The maximum Gasteiger partial charge on any atom is 0.307 e. The largest absolute Gasteiger partial charge is 0.497 e. The Kier molecular flexibility index (Phi) is 5.40. The van der Waals surface area contributed by atoms with Crippen LogP contribution >= 0.6 is 0 Å². The number of hydrogen-bond donors (Lipinski definition) is 0. The average Bonchev–Trinajstić information content (AvgIpc) is 2.95. The predicted molar refractivity (Wildman–Crippen MR) is 95.8 cm³/mol. The fourth-order valence-electron chi connectivity index (χ4n) is 2.87. The minimum absolute atomic E-state index is 0.00131. The van der Waals surface area contributed by atoms with Crippen LogP contribution in [-0.4, -0.2) is 43.4 Å². The molecule has 140 valence electrons. The molecular weight excluding hydrogens is 350 g/mol. The zero-order valence-corrected chi connectivity index (χ0v) is 15.1. The molecule has 0 saturated carbocycles. The number of nitrogens with zero attached hydrogens (tertiary/aromatic N) is 1. The lowest BCUT2D eigenvalue weighted by Gasteiger charge is -2.14. The van der Waals surface area contributed by atoms with Gasteiger partial charge in [0.1, 0.15) is 18.1 Å². The number of fused-ring (bicyclic) bond motifs is 1. The molecule has 0 aromatic heterocycles. The minimum Gasteiger partial charge on any atom is -0.497 e. The highest BCUT2D eigenvalue weighted by atomic mass is 16.5. The molecule has 27 heavy (non-hydrogen) atoms. The van der Waals surface area contributed by atoms with Gasteiger partial charge in [0.05, 0.1) is 31.8 Å². The first-order valence-electron chi connectivity index (χ1n) is 8.37. The maximum atomic E-state index is 12.3. The number of hydrogen-bond acceptors (Lipinski definition) is 6. The number of rotatable bonds is 7. The second-order valence-electron chi connectivity index (χ2n) is 5.90. The van der Waals surface area contributed by atoms with Crippen LogP contribution in [-0.2, 0) is 16.1 Å². The number of imide groups is 1. The number of carbonyl (C=O) groups is 3. The fourth-order valence-corrected chi connectivity index (χ4v) is 2.87. The standard InChI is InChI=1S/C20H19NO6/c1-25-14-7-8-17(26-2)13(11-14)12-27-18(22)9-10-21-19(23)15-5-3-4-6-16(15)20(21)24/h3-8,11H,9-10,12H2,1-2H3. The van der Waals surface area contributed by atoms with E-state index < -0.39 is 17.8 Å². The summed E-state index contributed by atoms with van der Waals surface area (Å²) in [6.45, 7) is -0.0260. The van der Waals surface area contributed by atoms with Gasteiger partial charge in [0.15, 0.2) is 0 Å². The van der Waals surface area contributed by atoms with Gasteiger partial charge in [0, 0.05) is 12.1 Å². The third-order valence-electron chi connectivity index (χ3n) is 4.29. The molecule has 1 heterocycles. The Morgan fingerprint density at radius 3 is 2.22 bits per heavy atom. The molecule has 3 rings (SSSR count). The summed E-state index contributed by atoms with van der Waals surface area (Å²) in [5.74, 6) is -0.107. The van der Waals surface area contributed by atoms with Gasteiger partial charge in [-0.3, -0.25) is 19.3 Å². The molecule has 0 bridgehead atoms. The zero-order valence-electron chi connectivity index (χ0n) is 15.1. The molecule has 0 N–H and O–H groups in total. The molecule has 0 saturated heterocycles. The molecule has 1 aliphatic heterocycles. The molecule has 0 spiro atoms. The van der Waals surface area contributed by atoms with Crippen LogP contribution in [0, 0.1) is 0 Å². The number of carbonyl (C=O) groups excluding carboxylic acids is 3. The van der Waals surface area contributed by atoms with E-state index in [0.29, 0.717) is 28.2 Å². The van der Waals surface area contributed by atoms with Crippen LogP contribution in [0.1, 0.15) is 32.7 Å². The van der Waals surface area contributed by atoms with Gasteiger partial charge >= 0.3 is 5.97 Å². The van der Waals surface area contributed by atoms with Gasteiger partial charge in [0.25, 0.3) is 11.8 Å². The number of benzene rings is 2. The van der Waals surface area contributed by atoms with Crippen LogP contribution < -0.4 is 9.47 Å². The first-order valence-corrected chi connectivity index (χ1v) is 8.37. The van der Waals surface area contributed by atoms with E-state index in [9.17, 15) is 14.4 Å². The Morgan fingerprint density at radius 2 is 1.63 bits per heavy atom. The molecular formula is C20H19NO6. The van der Waals surface area contributed by atoms with Crippen LogP contribution in [0.4, 0.5) is 0 Å². The molecule has 0 atom stereocenters. The Bertz CT molecular complexity index is 857. The quantitative estimate of drug-likeness (QED) is 0.551. The number of esters is 1. The lowest BCUT2D eigenvalue weighted by molar-refractivity contribution is -0.145. The lowest BCUT2D eigenvalue weighted by atomic mass is 10.1. The summed E-state index contributed by atoms with van der Waals surface area (Å²) in [5.41, 5.74) is 1.37. The second kappa shape index (κ2) is 7.90. The van der Waals surface area contributed by atoms with E-state index in [1.165, 1.54) is 7.11 Å². The minimum atomic E-state index is -0.517. The van der Waals surface area contributed by atoms with Gasteiger partial charge in [0.2, 0.25) is 0 Å². The predicted octanol–water partition coefficient (Wildman–Crippen LogP) is 2.43. The van der Waals surface area contributed by atoms with Crippen molar-refractivity contribution in [3.8, 4) is 11.5 Å². The van der Waals surface area contributed by atoms with E-state index in [0.717, 1.165) is 4.90 Å². The van der Waals surface area contributed by atoms with E-state index >= 15 is 0 Å². The van der Waals surface area contributed by atoms with Crippen LogP contribution in [0.5, 0.6) is 11.5 Å². The van der Waals surface area contributed by atoms with Crippen molar-refractivity contribution in [1.29, 1.82) is 0 Å². The van der Waals surface area contributed by atoms with Gasteiger partial charge in [-0.1, -0.05) is 12.1 Å². The normalized spacial score (nSPS) is 12.7. The number of ether oxygens (including phenoxy) is 3. The van der Waals surface area contributed by atoms with E-state index in [-0.39, 0.29) is 19.6 Å². The first kappa shape index (κ1) is 18.4. The van der Waals surface area contributed by atoms with Gasteiger partial charge < -0.3 is 14.2 Å². The molecule has 0 aliphatic carbocycles. The second-order valence-corrected chi connectivity index (χ2v) is 5.90. The van der Waals surface area contributed by atoms with Gasteiger partial charge in [-0.05, 0) is 30.3 Å². The lowest BCUT2D eigenvalue weighted by Crippen LogP contribution is -2.32. The molecule has 2 amide bonds. The van der Waals surface area contributed by atoms with Crippen molar-refractivity contribution in [2.24, 2.45) is 0 Å². The highest BCUT2D eigenvalue weighted by molar-refractivity contribution is 6.21. The Labute approximate surface area is 156 Å². The van der Waals surface area contributed by atoms with Crippen LogP contribution in [0.15, 0.2) is 42.5 Å². The Hall–Kier alpha value is -3.35. The molecule has 0 unspecified atom stereocenters. The smallest absolute Gasteiger partial charge is 0.307 e. The monoisotopic (exact) mass is 369 g/mol. The van der Waals surface area contributed by atoms with Crippen molar-refractivity contribution >= 4 is 17.8 Å². The first-order chi connectivity index (χ1) is 13.0. The van der Waals surface area contributed by atoms with Gasteiger partial charge in [-0.15, -0.1) is 0 Å². The summed E-state index contributed by atoms with van der Waals surface area (Å²) in [4.78, 5) is 37.7. The summed E-state index contributed by atoms with van der Waals surface area (Å²) in [5, 5.41) is 0. The summed E-state index contributed by atoms with van der Waals surface area (Å²) < 4.78 is 15.6. The summed E-state index contributed by atoms with van der Waals surface area (Å²) in [6, 6.07) is 11.8. The summed E-state index contributed by atoms with van der Waals surface area (Å²) in [7, 11) is 3.06. The van der Waals surface area contributed by atoms with Crippen molar-refractivity contribution in [1.82, 2.24) is 4.90 Å². The molecule has 0 radical (unpaired) electrons. The Morgan fingerprint density at radius 1 is 0.963 bits per heavy atom. The molecule has 2 aromatic rings. The average molecular weight is 369 g/mol. The van der Waals surface area contributed by atoms with Crippen molar-refractivity contribution < 1.29 is 28.6 Å². The topological polar surface area (TPSA) is 82.1 Å². The van der Waals surface area contributed by atoms with E-state index in [1.54, 1.807) is 49.6 Å². The third-order valence-corrected chi connectivity index (χ3v) is 4.29. The SMILES string of the molecule is COc1ccc(OC)c(COC(=O)CCN2C(=O)c3ccccc3C2=O)c1. The van der Waals surface area contributed by atoms with Crippen LogP contribution in [0.3, 0.4) is 0 Å². The van der Waals surface area contributed by atoms with E-state index in [1.807, 2.05) is 0 Å². The highest BCUT2D eigenvalue weighted by Crippen LogP contribution is 2.25. The van der Waals surface area contributed by atoms with Crippen LogP contribution in [0.2, 0.25) is 0 Å². The van der Waals surface area contributed by atoms with Crippen molar-refractivity contribution in [3.05, 3.63) is 59.2 Å². The van der Waals surface area contributed by atoms with Gasteiger partial charge in [-0.25, -0.2) is 0 Å². The Balaban J connectivity index is 1.57. The summed E-state index contributed by atoms with van der Waals surface area (Å²) >= 11 is 0. The van der Waals surface area contributed by atoms with E-state index in [4.69, 9.17) is 14.2 Å². The van der Waals surface area contributed by atoms with Gasteiger partial charge in [-0.2, -0.15) is 0 Å². The molecule has 7 nitrogen and oxygen atoms in total. The molecule has 7 heteroatoms. The zero-order chi connectivity index (χ0) is 19.4. The number of methoxy groups -OCH3 is 2. The van der Waals surface area contributed by atoms with Crippen molar-refractivity contribution in [3.63, 3.8) is 0 Å². The third kappa shape index (κ3) is 3.76. The highest BCUT2D eigenvalue weighted by Gasteiger charge is 2.35.